The highest BCUT2D eigenvalue weighted by Gasteiger charge is 2.13. The summed E-state index contributed by atoms with van der Waals surface area (Å²) in [4.78, 5) is 6.77. The van der Waals surface area contributed by atoms with Crippen LogP contribution in [0.25, 0.3) is 0 Å². The van der Waals surface area contributed by atoms with E-state index in [2.05, 4.69) is 25.4 Å². The maximum Gasteiger partial charge on any atom is 0.247 e. The Balaban J connectivity index is 1.90. The lowest BCUT2D eigenvalue weighted by atomic mass is 10.2. The number of anilines is 2. The van der Waals surface area contributed by atoms with Crippen LogP contribution in [0.15, 0.2) is 6.20 Å². The van der Waals surface area contributed by atoms with Gasteiger partial charge in [0.2, 0.25) is 5.95 Å². The molecule has 0 unspecified atom stereocenters. The van der Waals surface area contributed by atoms with Gasteiger partial charge in [-0.1, -0.05) is 12.8 Å². The lowest BCUT2D eigenvalue weighted by Gasteiger charge is -2.19. The van der Waals surface area contributed by atoms with E-state index in [9.17, 15) is 0 Å². The van der Waals surface area contributed by atoms with Gasteiger partial charge in [-0.15, -0.1) is 5.10 Å². The van der Waals surface area contributed by atoms with Crippen LogP contribution in [-0.2, 0) is 4.74 Å². The van der Waals surface area contributed by atoms with Gasteiger partial charge in [0, 0.05) is 33.4 Å². The Morgan fingerprint density at radius 2 is 2.05 bits per heavy atom. The highest BCUT2D eigenvalue weighted by atomic mass is 16.5. The molecule has 1 fully saturated rings. The van der Waals surface area contributed by atoms with E-state index in [0.717, 1.165) is 44.4 Å². The quantitative estimate of drug-likeness (QED) is 0.790. The summed E-state index contributed by atoms with van der Waals surface area (Å²) < 4.78 is 5.02. The second kappa shape index (κ2) is 7.89. The largest absolute Gasteiger partial charge is 0.385 e. The molecule has 0 aromatic carbocycles. The Hall–Kier alpha value is -1.43. The SMILES string of the molecule is COCCCNc1cnnc(N2CCCCCC2)n1. The second-order valence-electron chi connectivity index (χ2n) is 4.82. The highest BCUT2D eigenvalue weighted by Crippen LogP contribution is 2.15. The van der Waals surface area contributed by atoms with Gasteiger partial charge in [0.05, 0.1) is 6.20 Å². The van der Waals surface area contributed by atoms with Crippen LogP contribution in [-0.4, -0.2) is 48.5 Å². The van der Waals surface area contributed by atoms with Crippen LogP contribution in [0.5, 0.6) is 0 Å². The molecule has 1 aromatic rings. The molecule has 0 aliphatic carbocycles. The van der Waals surface area contributed by atoms with E-state index in [-0.39, 0.29) is 0 Å². The molecule has 106 valence electrons. The number of methoxy groups -OCH3 is 1. The molecular formula is C13H23N5O. The van der Waals surface area contributed by atoms with E-state index in [0.29, 0.717) is 0 Å². The van der Waals surface area contributed by atoms with Crippen LogP contribution in [0, 0.1) is 0 Å². The summed E-state index contributed by atoms with van der Waals surface area (Å²) in [5, 5.41) is 11.4. The van der Waals surface area contributed by atoms with Gasteiger partial charge in [-0.2, -0.15) is 10.1 Å². The molecule has 6 nitrogen and oxygen atoms in total. The van der Waals surface area contributed by atoms with E-state index in [1.165, 1.54) is 25.7 Å². The lowest BCUT2D eigenvalue weighted by molar-refractivity contribution is 0.197. The second-order valence-corrected chi connectivity index (χ2v) is 4.82. The van der Waals surface area contributed by atoms with E-state index in [1.807, 2.05) is 0 Å². The fourth-order valence-corrected chi connectivity index (χ4v) is 2.22. The molecule has 1 saturated heterocycles. The Bertz CT molecular complexity index is 366. The normalized spacial score (nSPS) is 16.2. The number of hydrogen-bond donors (Lipinski definition) is 1. The van der Waals surface area contributed by atoms with Crippen molar-refractivity contribution in [2.24, 2.45) is 0 Å². The molecule has 0 spiro atoms. The fourth-order valence-electron chi connectivity index (χ4n) is 2.22. The van der Waals surface area contributed by atoms with Crippen molar-refractivity contribution >= 4 is 11.8 Å². The van der Waals surface area contributed by atoms with Crippen molar-refractivity contribution in [3.8, 4) is 0 Å². The fraction of sp³-hybridized carbons (Fsp3) is 0.769. The van der Waals surface area contributed by atoms with Crippen LogP contribution < -0.4 is 10.2 Å². The number of aromatic nitrogens is 3. The van der Waals surface area contributed by atoms with Gasteiger partial charge in [-0.25, -0.2) is 0 Å². The van der Waals surface area contributed by atoms with E-state index in [1.54, 1.807) is 13.3 Å². The zero-order valence-electron chi connectivity index (χ0n) is 11.6. The van der Waals surface area contributed by atoms with Crippen LogP contribution in [0.3, 0.4) is 0 Å². The number of hydrogen-bond acceptors (Lipinski definition) is 6. The molecule has 2 rings (SSSR count). The summed E-state index contributed by atoms with van der Waals surface area (Å²) in [5.74, 6) is 1.55. The average Bonchev–Trinajstić information content (AvgIpc) is 2.73. The van der Waals surface area contributed by atoms with Gasteiger partial charge in [-0.3, -0.25) is 0 Å². The van der Waals surface area contributed by atoms with E-state index >= 15 is 0 Å². The summed E-state index contributed by atoms with van der Waals surface area (Å²) in [6.07, 6.45) is 7.68. The summed E-state index contributed by atoms with van der Waals surface area (Å²) in [6.45, 7) is 3.67. The van der Waals surface area contributed by atoms with Crippen molar-refractivity contribution in [3.63, 3.8) is 0 Å². The maximum atomic E-state index is 5.02. The lowest BCUT2D eigenvalue weighted by Crippen LogP contribution is -2.26. The maximum absolute atomic E-state index is 5.02. The molecule has 0 saturated carbocycles. The average molecular weight is 265 g/mol. The first kappa shape index (κ1) is 14.0. The molecular weight excluding hydrogens is 242 g/mol. The smallest absolute Gasteiger partial charge is 0.247 e. The molecule has 0 bridgehead atoms. The molecule has 1 aliphatic heterocycles. The third-order valence-corrected chi connectivity index (χ3v) is 3.27. The van der Waals surface area contributed by atoms with Gasteiger partial charge in [0.1, 0.15) is 0 Å². The zero-order valence-corrected chi connectivity index (χ0v) is 11.6. The highest BCUT2D eigenvalue weighted by molar-refractivity contribution is 5.38. The Labute approximate surface area is 114 Å². The molecule has 6 heteroatoms. The van der Waals surface area contributed by atoms with Gasteiger partial charge in [0.25, 0.3) is 0 Å². The minimum atomic E-state index is 0.749. The number of nitrogens with one attached hydrogen (secondary N) is 1. The first-order chi connectivity index (χ1) is 9.40. The van der Waals surface area contributed by atoms with Crippen LogP contribution in [0.1, 0.15) is 32.1 Å². The van der Waals surface area contributed by atoms with Crippen molar-refractivity contribution < 1.29 is 4.74 Å². The molecule has 19 heavy (non-hydrogen) atoms. The molecule has 1 N–H and O–H groups in total. The van der Waals surface area contributed by atoms with E-state index in [4.69, 9.17) is 4.74 Å². The monoisotopic (exact) mass is 265 g/mol. The standard InChI is InChI=1S/C13H23N5O/c1-19-10-6-7-14-12-11-15-17-13(16-12)18-8-4-2-3-5-9-18/h11H,2-10H2,1H3,(H,14,16,17). The van der Waals surface area contributed by atoms with Crippen molar-refractivity contribution in [1.82, 2.24) is 15.2 Å². The minimum Gasteiger partial charge on any atom is -0.385 e. The first-order valence-corrected chi connectivity index (χ1v) is 7.07. The van der Waals surface area contributed by atoms with Crippen LogP contribution in [0.4, 0.5) is 11.8 Å². The summed E-state index contributed by atoms with van der Waals surface area (Å²) in [5.41, 5.74) is 0. The zero-order chi connectivity index (χ0) is 13.3. The molecule has 2 heterocycles. The number of ether oxygens (including phenoxy) is 1. The third kappa shape index (κ3) is 4.63. The van der Waals surface area contributed by atoms with Crippen LogP contribution >= 0.6 is 0 Å². The van der Waals surface area contributed by atoms with Gasteiger partial charge in [-0.05, 0) is 19.3 Å². The minimum absolute atomic E-state index is 0.749. The van der Waals surface area contributed by atoms with Crippen molar-refractivity contribution in [2.45, 2.75) is 32.1 Å². The van der Waals surface area contributed by atoms with Crippen molar-refractivity contribution in [2.75, 3.05) is 43.6 Å². The Morgan fingerprint density at radius 3 is 2.79 bits per heavy atom. The Morgan fingerprint density at radius 1 is 1.26 bits per heavy atom. The Kier molecular flexibility index (Phi) is 5.81. The van der Waals surface area contributed by atoms with Gasteiger partial charge in [0.15, 0.2) is 5.82 Å². The van der Waals surface area contributed by atoms with Gasteiger partial charge >= 0.3 is 0 Å². The summed E-state index contributed by atoms with van der Waals surface area (Å²) in [6, 6.07) is 0. The topological polar surface area (TPSA) is 63.2 Å². The van der Waals surface area contributed by atoms with Crippen molar-refractivity contribution in [1.29, 1.82) is 0 Å². The van der Waals surface area contributed by atoms with Crippen molar-refractivity contribution in [3.05, 3.63) is 6.20 Å². The van der Waals surface area contributed by atoms with Crippen LogP contribution in [0.2, 0.25) is 0 Å². The third-order valence-electron chi connectivity index (χ3n) is 3.27. The summed E-state index contributed by atoms with van der Waals surface area (Å²) >= 11 is 0. The number of nitrogens with zero attached hydrogens (tertiary/aromatic N) is 4. The predicted octanol–water partition coefficient (Wildman–Crippen LogP) is 1.70. The molecule has 0 radical (unpaired) electrons. The molecule has 0 atom stereocenters. The molecule has 1 aliphatic rings. The van der Waals surface area contributed by atoms with Gasteiger partial charge < -0.3 is 15.0 Å². The predicted molar refractivity (Wildman–Crippen MR) is 75.5 cm³/mol. The first-order valence-electron chi connectivity index (χ1n) is 7.07. The van der Waals surface area contributed by atoms with E-state index < -0.39 is 0 Å². The molecule has 1 aromatic heterocycles. The molecule has 0 amide bonds. The summed E-state index contributed by atoms with van der Waals surface area (Å²) in [7, 11) is 1.71. The number of rotatable bonds is 6.